The Morgan fingerprint density at radius 1 is 1.41 bits per heavy atom. The molecule has 0 unspecified atom stereocenters. The van der Waals surface area contributed by atoms with Gasteiger partial charge in [0.1, 0.15) is 5.76 Å². The van der Waals surface area contributed by atoms with Crippen LogP contribution in [0.15, 0.2) is 34.9 Å². The van der Waals surface area contributed by atoms with Crippen LogP contribution >= 0.6 is 11.6 Å². The SMILES string of the molecule is CCc1cc(C(=O)Nc2ccc(Cl)cc2)no1. The minimum atomic E-state index is -0.296. The number of hydrogen-bond donors (Lipinski definition) is 1. The molecule has 0 radical (unpaired) electrons. The number of rotatable bonds is 3. The first-order valence-corrected chi connectivity index (χ1v) is 5.59. The van der Waals surface area contributed by atoms with Gasteiger partial charge in [0.25, 0.3) is 5.91 Å². The predicted molar refractivity (Wildman–Crippen MR) is 65.3 cm³/mol. The van der Waals surface area contributed by atoms with Crippen LogP contribution in [0.5, 0.6) is 0 Å². The number of carbonyl (C=O) groups is 1. The normalized spacial score (nSPS) is 10.2. The number of amides is 1. The molecule has 1 aromatic heterocycles. The van der Waals surface area contributed by atoms with Gasteiger partial charge in [0, 0.05) is 23.2 Å². The Kier molecular flexibility index (Phi) is 3.44. The Bertz CT molecular complexity index is 520. The van der Waals surface area contributed by atoms with Crippen molar-refractivity contribution < 1.29 is 9.32 Å². The summed E-state index contributed by atoms with van der Waals surface area (Å²) in [6, 6.07) is 8.49. The molecule has 1 heterocycles. The molecule has 0 bridgehead atoms. The van der Waals surface area contributed by atoms with Crippen molar-refractivity contribution in [2.45, 2.75) is 13.3 Å². The Hall–Kier alpha value is -1.81. The van der Waals surface area contributed by atoms with E-state index in [0.717, 1.165) is 0 Å². The van der Waals surface area contributed by atoms with E-state index in [4.69, 9.17) is 16.1 Å². The average Bonchev–Trinajstić information content (AvgIpc) is 2.81. The first kappa shape index (κ1) is 11.7. The number of anilines is 1. The van der Waals surface area contributed by atoms with Gasteiger partial charge in [-0.05, 0) is 24.3 Å². The zero-order valence-electron chi connectivity index (χ0n) is 9.24. The third-order valence-corrected chi connectivity index (χ3v) is 2.49. The van der Waals surface area contributed by atoms with Gasteiger partial charge >= 0.3 is 0 Å². The molecule has 0 saturated heterocycles. The van der Waals surface area contributed by atoms with E-state index < -0.39 is 0 Å². The summed E-state index contributed by atoms with van der Waals surface area (Å²) in [5, 5.41) is 7.01. The van der Waals surface area contributed by atoms with Crippen LogP contribution in [0.25, 0.3) is 0 Å². The maximum atomic E-state index is 11.8. The lowest BCUT2D eigenvalue weighted by molar-refractivity contribution is 0.101. The Labute approximate surface area is 104 Å². The van der Waals surface area contributed by atoms with Crippen LogP contribution in [-0.4, -0.2) is 11.1 Å². The minimum Gasteiger partial charge on any atom is -0.361 e. The molecular formula is C12H11ClN2O2. The van der Waals surface area contributed by atoms with Crippen LogP contribution < -0.4 is 5.32 Å². The van der Waals surface area contributed by atoms with E-state index in [1.54, 1.807) is 30.3 Å². The summed E-state index contributed by atoms with van der Waals surface area (Å²) in [7, 11) is 0. The van der Waals surface area contributed by atoms with Crippen LogP contribution in [0.2, 0.25) is 5.02 Å². The highest BCUT2D eigenvalue weighted by Gasteiger charge is 2.11. The van der Waals surface area contributed by atoms with Crippen molar-refractivity contribution in [2.24, 2.45) is 0 Å². The zero-order chi connectivity index (χ0) is 12.3. The maximum absolute atomic E-state index is 11.8. The molecule has 1 amide bonds. The van der Waals surface area contributed by atoms with Crippen molar-refractivity contribution >= 4 is 23.2 Å². The van der Waals surface area contributed by atoms with Crippen molar-refractivity contribution in [2.75, 3.05) is 5.32 Å². The molecule has 5 heteroatoms. The predicted octanol–water partition coefficient (Wildman–Crippen LogP) is 3.14. The average molecular weight is 251 g/mol. The summed E-state index contributed by atoms with van der Waals surface area (Å²) in [6.45, 7) is 1.93. The highest BCUT2D eigenvalue weighted by atomic mass is 35.5. The number of nitrogens with one attached hydrogen (secondary N) is 1. The van der Waals surface area contributed by atoms with Crippen LogP contribution in [0.3, 0.4) is 0 Å². The van der Waals surface area contributed by atoms with Gasteiger partial charge in [0.15, 0.2) is 5.69 Å². The number of benzene rings is 1. The summed E-state index contributed by atoms with van der Waals surface area (Å²) < 4.78 is 4.96. The summed E-state index contributed by atoms with van der Waals surface area (Å²) in [4.78, 5) is 11.8. The van der Waals surface area contributed by atoms with E-state index in [2.05, 4.69) is 10.5 Å². The second-order valence-corrected chi connectivity index (χ2v) is 3.93. The largest absolute Gasteiger partial charge is 0.361 e. The molecule has 0 fully saturated rings. The molecule has 0 aliphatic heterocycles. The molecule has 0 aliphatic carbocycles. The summed E-state index contributed by atoms with van der Waals surface area (Å²) in [5.74, 6) is 0.391. The van der Waals surface area contributed by atoms with Gasteiger partial charge in [-0.1, -0.05) is 23.7 Å². The first-order valence-electron chi connectivity index (χ1n) is 5.21. The van der Waals surface area contributed by atoms with Crippen LogP contribution in [-0.2, 0) is 6.42 Å². The number of halogens is 1. The van der Waals surface area contributed by atoms with Gasteiger partial charge in [0.2, 0.25) is 0 Å². The Balaban J connectivity index is 2.08. The fourth-order valence-electron chi connectivity index (χ4n) is 1.31. The molecule has 0 aliphatic rings. The molecule has 2 rings (SSSR count). The number of nitrogens with zero attached hydrogens (tertiary/aromatic N) is 1. The fourth-order valence-corrected chi connectivity index (χ4v) is 1.44. The van der Waals surface area contributed by atoms with E-state index in [0.29, 0.717) is 22.9 Å². The quantitative estimate of drug-likeness (QED) is 0.910. The molecule has 0 spiro atoms. The molecule has 1 aromatic carbocycles. The van der Waals surface area contributed by atoms with Crippen molar-refractivity contribution in [1.82, 2.24) is 5.16 Å². The van der Waals surface area contributed by atoms with Crippen molar-refractivity contribution in [3.8, 4) is 0 Å². The van der Waals surface area contributed by atoms with E-state index in [1.807, 2.05) is 6.92 Å². The fraction of sp³-hybridized carbons (Fsp3) is 0.167. The number of aromatic nitrogens is 1. The Morgan fingerprint density at radius 2 is 2.12 bits per heavy atom. The van der Waals surface area contributed by atoms with Crippen LogP contribution in [0.4, 0.5) is 5.69 Å². The van der Waals surface area contributed by atoms with E-state index in [-0.39, 0.29) is 11.6 Å². The zero-order valence-corrected chi connectivity index (χ0v) is 9.99. The first-order chi connectivity index (χ1) is 8.19. The van der Waals surface area contributed by atoms with Gasteiger partial charge in [-0.3, -0.25) is 4.79 Å². The number of carbonyl (C=O) groups excluding carboxylic acids is 1. The van der Waals surface area contributed by atoms with Crippen LogP contribution in [0.1, 0.15) is 23.2 Å². The minimum absolute atomic E-state index is 0.275. The second-order valence-electron chi connectivity index (χ2n) is 3.49. The van der Waals surface area contributed by atoms with Crippen molar-refractivity contribution in [1.29, 1.82) is 0 Å². The van der Waals surface area contributed by atoms with Gasteiger partial charge < -0.3 is 9.84 Å². The highest BCUT2D eigenvalue weighted by Crippen LogP contribution is 2.14. The molecule has 4 nitrogen and oxygen atoms in total. The third kappa shape index (κ3) is 2.85. The summed E-state index contributed by atoms with van der Waals surface area (Å²) in [6.07, 6.45) is 0.710. The third-order valence-electron chi connectivity index (χ3n) is 2.24. The molecule has 0 saturated carbocycles. The van der Waals surface area contributed by atoms with Gasteiger partial charge in [-0.25, -0.2) is 0 Å². The maximum Gasteiger partial charge on any atom is 0.277 e. The lowest BCUT2D eigenvalue weighted by Gasteiger charge is -2.01. The lowest BCUT2D eigenvalue weighted by Crippen LogP contribution is -2.11. The topological polar surface area (TPSA) is 55.1 Å². The second kappa shape index (κ2) is 5.01. The Morgan fingerprint density at radius 3 is 2.71 bits per heavy atom. The lowest BCUT2D eigenvalue weighted by atomic mass is 10.3. The monoisotopic (exact) mass is 250 g/mol. The van der Waals surface area contributed by atoms with Gasteiger partial charge in [0.05, 0.1) is 0 Å². The number of hydrogen-bond acceptors (Lipinski definition) is 3. The standard InChI is InChI=1S/C12H11ClN2O2/c1-2-10-7-11(15-17-10)12(16)14-9-5-3-8(13)4-6-9/h3-7H,2H2,1H3,(H,14,16). The summed E-state index contributed by atoms with van der Waals surface area (Å²) in [5.41, 5.74) is 0.942. The molecule has 88 valence electrons. The number of aryl methyl sites for hydroxylation is 1. The van der Waals surface area contributed by atoms with E-state index in [1.165, 1.54) is 0 Å². The molecule has 17 heavy (non-hydrogen) atoms. The molecule has 2 aromatic rings. The van der Waals surface area contributed by atoms with Crippen LogP contribution in [0, 0.1) is 0 Å². The highest BCUT2D eigenvalue weighted by molar-refractivity contribution is 6.30. The van der Waals surface area contributed by atoms with Gasteiger partial charge in [-0.15, -0.1) is 0 Å². The molecular weight excluding hydrogens is 240 g/mol. The molecule has 1 N–H and O–H groups in total. The van der Waals surface area contributed by atoms with Gasteiger partial charge in [-0.2, -0.15) is 0 Å². The van der Waals surface area contributed by atoms with Crippen molar-refractivity contribution in [3.63, 3.8) is 0 Å². The summed E-state index contributed by atoms with van der Waals surface area (Å²) >= 11 is 5.75. The smallest absolute Gasteiger partial charge is 0.277 e. The van der Waals surface area contributed by atoms with E-state index in [9.17, 15) is 4.79 Å². The van der Waals surface area contributed by atoms with E-state index >= 15 is 0 Å². The molecule has 0 atom stereocenters. The van der Waals surface area contributed by atoms with Crippen molar-refractivity contribution in [3.05, 3.63) is 46.8 Å².